The van der Waals surface area contributed by atoms with Crippen LogP contribution in [0.3, 0.4) is 0 Å². The maximum Gasteiger partial charge on any atom is 0.277 e. The number of fused-ring (bicyclic) bond motifs is 1. The van der Waals surface area contributed by atoms with Crippen LogP contribution in [0.25, 0.3) is 10.2 Å². The minimum atomic E-state index is -0.780. The Kier molecular flexibility index (Phi) is 4.35. The van der Waals surface area contributed by atoms with Gasteiger partial charge < -0.3 is 5.32 Å². The lowest BCUT2D eigenvalue weighted by molar-refractivity contribution is -0.394. The number of nitrogens with zero attached hydrogens (tertiary/aromatic N) is 3. The van der Waals surface area contributed by atoms with Gasteiger partial charge in [-0.05, 0) is 12.1 Å². The van der Waals surface area contributed by atoms with Crippen molar-refractivity contribution in [1.29, 1.82) is 0 Å². The second kappa shape index (κ2) is 6.61. The van der Waals surface area contributed by atoms with Crippen molar-refractivity contribution in [1.82, 2.24) is 10.3 Å². The van der Waals surface area contributed by atoms with E-state index in [0.29, 0.717) is 5.01 Å². The van der Waals surface area contributed by atoms with Crippen molar-refractivity contribution in [3.63, 3.8) is 0 Å². The molecule has 0 unspecified atom stereocenters. The summed E-state index contributed by atoms with van der Waals surface area (Å²) in [6, 6.07) is 10.3. The van der Waals surface area contributed by atoms with Crippen LogP contribution in [0.2, 0.25) is 0 Å². The molecular formula is C15H10N4O5S. The zero-order valence-corrected chi connectivity index (χ0v) is 13.4. The molecular weight excluding hydrogens is 348 g/mol. The van der Waals surface area contributed by atoms with E-state index in [1.165, 1.54) is 11.3 Å². The zero-order valence-electron chi connectivity index (χ0n) is 12.5. The van der Waals surface area contributed by atoms with E-state index in [0.717, 1.165) is 28.4 Å². The van der Waals surface area contributed by atoms with Gasteiger partial charge in [0.25, 0.3) is 17.3 Å². The monoisotopic (exact) mass is 358 g/mol. The van der Waals surface area contributed by atoms with Crippen molar-refractivity contribution >= 4 is 38.8 Å². The summed E-state index contributed by atoms with van der Waals surface area (Å²) in [6.45, 7) is 0.120. The molecule has 1 N–H and O–H groups in total. The van der Waals surface area contributed by atoms with E-state index >= 15 is 0 Å². The van der Waals surface area contributed by atoms with Crippen LogP contribution >= 0.6 is 11.3 Å². The standard InChI is InChI=1S/C15H10N4O5S/c20-15(9-5-10(18(21)22)7-11(6-9)19(23)24)16-8-14-17-12-3-1-2-4-13(12)25-14/h1-7H,8H2,(H,16,20). The summed E-state index contributed by atoms with van der Waals surface area (Å²) >= 11 is 1.41. The van der Waals surface area contributed by atoms with Gasteiger partial charge in [0.2, 0.25) is 0 Å². The van der Waals surface area contributed by atoms with Crippen LogP contribution < -0.4 is 5.32 Å². The van der Waals surface area contributed by atoms with Crippen LogP contribution in [-0.4, -0.2) is 20.7 Å². The first-order valence-electron chi connectivity index (χ1n) is 7.00. The molecule has 0 fully saturated rings. The van der Waals surface area contributed by atoms with Gasteiger partial charge in [0, 0.05) is 12.1 Å². The molecule has 10 heteroatoms. The van der Waals surface area contributed by atoms with Gasteiger partial charge in [0.15, 0.2) is 0 Å². The number of para-hydroxylation sites is 1. The number of non-ortho nitro benzene ring substituents is 2. The number of rotatable bonds is 5. The van der Waals surface area contributed by atoms with Crippen molar-refractivity contribution in [3.8, 4) is 0 Å². The summed E-state index contributed by atoms with van der Waals surface area (Å²) in [5, 5.41) is 25.0. The predicted molar refractivity (Wildman–Crippen MR) is 90.5 cm³/mol. The highest BCUT2D eigenvalue weighted by Crippen LogP contribution is 2.24. The second-order valence-electron chi connectivity index (χ2n) is 5.01. The summed E-state index contributed by atoms with van der Waals surface area (Å²) in [5.74, 6) is -0.647. The van der Waals surface area contributed by atoms with Crippen LogP contribution in [0.1, 0.15) is 15.4 Å². The van der Waals surface area contributed by atoms with Crippen molar-refractivity contribution in [2.24, 2.45) is 0 Å². The Hall–Kier alpha value is -3.40. The lowest BCUT2D eigenvalue weighted by Crippen LogP contribution is -2.22. The molecule has 9 nitrogen and oxygen atoms in total. The average molecular weight is 358 g/mol. The molecule has 0 aliphatic heterocycles. The van der Waals surface area contributed by atoms with Gasteiger partial charge in [-0.2, -0.15) is 0 Å². The topological polar surface area (TPSA) is 128 Å². The third-order valence-corrected chi connectivity index (χ3v) is 4.36. The SMILES string of the molecule is O=C(NCc1nc2ccccc2s1)c1cc([N+](=O)[O-])cc([N+](=O)[O-])c1. The third-order valence-electron chi connectivity index (χ3n) is 3.32. The smallest absolute Gasteiger partial charge is 0.277 e. The number of nitrogens with one attached hydrogen (secondary N) is 1. The van der Waals surface area contributed by atoms with Crippen molar-refractivity contribution < 1.29 is 14.6 Å². The first-order chi connectivity index (χ1) is 11.9. The van der Waals surface area contributed by atoms with Crippen LogP contribution in [0, 0.1) is 20.2 Å². The molecule has 1 heterocycles. The largest absolute Gasteiger partial charge is 0.346 e. The van der Waals surface area contributed by atoms with E-state index in [-0.39, 0.29) is 12.1 Å². The molecule has 0 atom stereocenters. The summed E-state index contributed by atoms with van der Waals surface area (Å²) < 4.78 is 0.970. The molecule has 0 aliphatic rings. The maximum absolute atomic E-state index is 12.2. The van der Waals surface area contributed by atoms with Gasteiger partial charge in [-0.3, -0.25) is 25.0 Å². The highest BCUT2D eigenvalue weighted by atomic mass is 32.1. The second-order valence-corrected chi connectivity index (χ2v) is 6.13. The third kappa shape index (κ3) is 3.58. The molecule has 126 valence electrons. The molecule has 3 rings (SSSR count). The molecule has 0 bridgehead atoms. The van der Waals surface area contributed by atoms with E-state index in [1.54, 1.807) is 0 Å². The van der Waals surface area contributed by atoms with E-state index in [1.807, 2.05) is 24.3 Å². The number of carbonyl (C=O) groups excluding carboxylic acids is 1. The highest BCUT2D eigenvalue weighted by Gasteiger charge is 2.20. The number of hydrogen-bond donors (Lipinski definition) is 1. The van der Waals surface area contributed by atoms with Crippen molar-refractivity contribution in [3.05, 3.63) is 73.3 Å². The molecule has 1 aromatic heterocycles. The van der Waals surface area contributed by atoms with Crippen LogP contribution in [0.15, 0.2) is 42.5 Å². The molecule has 3 aromatic rings. The lowest BCUT2D eigenvalue weighted by Gasteiger charge is -2.03. The Morgan fingerprint density at radius 2 is 1.72 bits per heavy atom. The number of aromatic nitrogens is 1. The maximum atomic E-state index is 12.2. The molecule has 0 saturated heterocycles. The van der Waals surface area contributed by atoms with Crippen molar-refractivity contribution in [2.75, 3.05) is 0 Å². The van der Waals surface area contributed by atoms with Crippen molar-refractivity contribution in [2.45, 2.75) is 6.54 Å². The van der Waals surface area contributed by atoms with Gasteiger partial charge in [-0.1, -0.05) is 12.1 Å². The van der Waals surface area contributed by atoms with Gasteiger partial charge in [0.1, 0.15) is 5.01 Å². The minimum Gasteiger partial charge on any atom is -0.346 e. The summed E-state index contributed by atoms with van der Waals surface area (Å²) in [5.41, 5.74) is -0.372. The minimum absolute atomic E-state index is 0.120. The first kappa shape index (κ1) is 16.5. The predicted octanol–water partition coefficient (Wildman–Crippen LogP) is 3.04. The summed E-state index contributed by atoms with van der Waals surface area (Å²) in [6.07, 6.45) is 0. The fourth-order valence-electron chi connectivity index (χ4n) is 2.19. The fraction of sp³-hybridized carbons (Fsp3) is 0.0667. The van der Waals surface area contributed by atoms with Crippen LogP contribution in [-0.2, 0) is 6.54 Å². The number of benzene rings is 2. The summed E-state index contributed by atoms with van der Waals surface area (Å²) in [7, 11) is 0. The summed E-state index contributed by atoms with van der Waals surface area (Å²) in [4.78, 5) is 36.7. The number of carbonyl (C=O) groups is 1. The van der Waals surface area contributed by atoms with Gasteiger partial charge in [-0.15, -0.1) is 11.3 Å². The molecule has 0 aliphatic carbocycles. The molecule has 1 amide bonds. The molecule has 0 radical (unpaired) electrons. The first-order valence-corrected chi connectivity index (χ1v) is 7.82. The molecule has 2 aromatic carbocycles. The zero-order chi connectivity index (χ0) is 18.0. The van der Waals surface area contributed by atoms with E-state index in [4.69, 9.17) is 0 Å². The van der Waals surface area contributed by atoms with Gasteiger partial charge >= 0.3 is 0 Å². The van der Waals surface area contributed by atoms with E-state index in [2.05, 4.69) is 10.3 Å². The Bertz CT molecular complexity index is 935. The Morgan fingerprint density at radius 1 is 1.08 bits per heavy atom. The Balaban J connectivity index is 1.80. The Morgan fingerprint density at radius 3 is 2.32 bits per heavy atom. The number of hydrogen-bond acceptors (Lipinski definition) is 7. The number of thiazole rings is 1. The normalized spacial score (nSPS) is 10.6. The van der Waals surface area contributed by atoms with Crippen LogP contribution in [0.5, 0.6) is 0 Å². The van der Waals surface area contributed by atoms with E-state index in [9.17, 15) is 25.0 Å². The molecule has 0 saturated carbocycles. The Labute approximate surface area is 144 Å². The lowest BCUT2D eigenvalue weighted by atomic mass is 10.1. The number of amides is 1. The number of nitro benzene ring substituents is 2. The average Bonchev–Trinajstić information content (AvgIpc) is 3.02. The van der Waals surface area contributed by atoms with Crippen LogP contribution in [0.4, 0.5) is 11.4 Å². The van der Waals surface area contributed by atoms with Gasteiger partial charge in [-0.25, -0.2) is 4.98 Å². The van der Waals surface area contributed by atoms with Gasteiger partial charge in [0.05, 0.1) is 38.2 Å². The molecule has 25 heavy (non-hydrogen) atoms. The fourth-order valence-corrected chi connectivity index (χ4v) is 3.10. The quantitative estimate of drug-likeness (QED) is 0.551. The van der Waals surface area contributed by atoms with E-state index < -0.39 is 27.1 Å². The number of nitro groups is 2. The molecule has 0 spiro atoms. The highest BCUT2D eigenvalue weighted by molar-refractivity contribution is 7.18.